The molecule has 2 rings (SSSR count). The molecule has 0 saturated carbocycles. The first-order valence-corrected chi connectivity index (χ1v) is 8.90. The molecule has 1 aliphatic rings. The van der Waals surface area contributed by atoms with Crippen LogP contribution in [0.4, 0.5) is 0 Å². The summed E-state index contributed by atoms with van der Waals surface area (Å²) in [5.74, 6) is 0. The summed E-state index contributed by atoms with van der Waals surface area (Å²) in [4.78, 5) is 2.31. The highest BCUT2D eigenvalue weighted by Gasteiger charge is 2.20. The summed E-state index contributed by atoms with van der Waals surface area (Å²) in [5, 5.41) is 0.554. The van der Waals surface area contributed by atoms with E-state index in [9.17, 15) is 8.42 Å². The van der Waals surface area contributed by atoms with Crippen molar-refractivity contribution < 1.29 is 13.2 Å². The number of rotatable bonds is 5. The lowest BCUT2D eigenvalue weighted by atomic mass is 10.2. The Bertz CT molecular complexity index is 589. The van der Waals surface area contributed by atoms with Crippen molar-refractivity contribution in [1.82, 2.24) is 9.62 Å². The van der Waals surface area contributed by atoms with E-state index in [-0.39, 0.29) is 16.0 Å². The van der Waals surface area contributed by atoms with E-state index in [1.807, 2.05) is 6.92 Å². The molecule has 8 heteroatoms. The molecule has 1 fully saturated rings. The summed E-state index contributed by atoms with van der Waals surface area (Å²) in [6.07, 6.45) is 0. The number of benzene rings is 1. The Morgan fingerprint density at radius 2 is 1.95 bits per heavy atom. The van der Waals surface area contributed by atoms with E-state index >= 15 is 0 Å². The van der Waals surface area contributed by atoms with Crippen molar-refractivity contribution in [1.29, 1.82) is 0 Å². The Hall–Kier alpha value is -0.370. The molecule has 1 aromatic rings. The molecule has 1 unspecified atom stereocenters. The molecule has 21 heavy (non-hydrogen) atoms. The van der Waals surface area contributed by atoms with Crippen LogP contribution in [0.25, 0.3) is 0 Å². The Morgan fingerprint density at radius 3 is 2.57 bits per heavy atom. The van der Waals surface area contributed by atoms with Crippen molar-refractivity contribution in [2.45, 2.75) is 17.9 Å². The van der Waals surface area contributed by atoms with E-state index in [1.54, 1.807) is 0 Å². The summed E-state index contributed by atoms with van der Waals surface area (Å²) in [5.41, 5.74) is 0. The van der Waals surface area contributed by atoms with Crippen LogP contribution in [0.15, 0.2) is 23.1 Å². The van der Waals surface area contributed by atoms with Crippen LogP contribution in [0.3, 0.4) is 0 Å². The topological polar surface area (TPSA) is 58.6 Å². The lowest BCUT2D eigenvalue weighted by Crippen LogP contribution is -2.47. The summed E-state index contributed by atoms with van der Waals surface area (Å²) in [6.45, 7) is 5.32. The minimum absolute atomic E-state index is 0.103. The second-order valence-corrected chi connectivity index (χ2v) is 7.51. The van der Waals surface area contributed by atoms with E-state index in [2.05, 4.69) is 9.62 Å². The van der Waals surface area contributed by atoms with Gasteiger partial charge in [-0.15, -0.1) is 0 Å². The van der Waals surface area contributed by atoms with E-state index in [1.165, 1.54) is 18.2 Å². The monoisotopic (exact) mass is 352 g/mol. The van der Waals surface area contributed by atoms with Crippen molar-refractivity contribution >= 4 is 33.2 Å². The van der Waals surface area contributed by atoms with Gasteiger partial charge in [-0.1, -0.05) is 23.2 Å². The van der Waals surface area contributed by atoms with Crippen LogP contribution in [0.2, 0.25) is 10.0 Å². The first kappa shape index (κ1) is 17.0. The van der Waals surface area contributed by atoms with Crippen LogP contribution < -0.4 is 4.72 Å². The van der Waals surface area contributed by atoms with Crippen LogP contribution >= 0.6 is 23.2 Å². The summed E-state index contributed by atoms with van der Waals surface area (Å²) < 4.78 is 32.3. The third-order valence-corrected chi connectivity index (χ3v) is 5.60. The molecule has 118 valence electrons. The molecule has 0 radical (unpaired) electrons. The maximum Gasteiger partial charge on any atom is 0.240 e. The van der Waals surface area contributed by atoms with Gasteiger partial charge in [-0.3, -0.25) is 4.90 Å². The lowest BCUT2D eigenvalue weighted by molar-refractivity contribution is 0.0213. The predicted molar refractivity (Wildman–Crippen MR) is 83.5 cm³/mol. The Balaban J connectivity index is 1.98. The van der Waals surface area contributed by atoms with Gasteiger partial charge in [0.2, 0.25) is 10.0 Å². The predicted octanol–water partition coefficient (Wildman–Crippen LogP) is 1.99. The van der Waals surface area contributed by atoms with Crippen molar-refractivity contribution in [3.05, 3.63) is 28.2 Å². The number of sulfonamides is 1. The Labute approximate surface area is 135 Å². The normalized spacial score (nSPS) is 18.6. The fourth-order valence-electron chi connectivity index (χ4n) is 2.11. The van der Waals surface area contributed by atoms with Gasteiger partial charge in [-0.25, -0.2) is 13.1 Å². The SMILES string of the molecule is CC(CNS(=O)(=O)c1ccc(Cl)c(Cl)c1)N1CCOCC1. The lowest BCUT2D eigenvalue weighted by Gasteiger charge is -2.32. The largest absolute Gasteiger partial charge is 0.379 e. The second-order valence-electron chi connectivity index (χ2n) is 4.93. The third kappa shape index (κ3) is 4.55. The van der Waals surface area contributed by atoms with E-state index in [0.717, 1.165) is 13.1 Å². The summed E-state index contributed by atoms with van der Waals surface area (Å²) >= 11 is 11.7. The smallest absolute Gasteiger partial charge is 0.240 e. The van der Waals surface area contributed by atoms with Gasteiger partial charge >= 0.3 is 0 Å². The maximum absolute atomic E-state index is 12.2. The maximum atomic E-state index is 12.2. The zero-order valence-electron chi connectivity index (χ0n) is 11.7. The standard InChI is InChI=1S/C13H18Cl2N2O3S/c1-10(17-4-6-20-7-5-17)9-16-21(18,19)11-2-3-12(14)13(15)8-11/h2-3,8,10,16H,4-7,9H2,1H3. The minimum Gasteiger partial charge on any atom is -0.379 e. The Morgan fingerprint density at radius 1 is 1.29 bits per heavy atom. The zero-order chi connectivity index (χ0) is 15.5. The molecule has 1 heterocycles. The molecule has 0 spiro atoms. The minimum atomic E-state index is -3.58. The Kier molecular flexibility index (Phi) is 5.88. The van der Waals surface area contributed by atoms with Gasteiger partial charge in [0.05, 0.1) is 28.2 Å². The molecule has 0 bridgehead atoms. The van der Waals surface area contributed by atoms with Crippen molar-refractivity contribution in [3.8, 4) is 0 Å². The van der Waals surface area contributed by atoms with Gasteiger partial charge in [0.1, 0.15) is 0 Å². The van der Waals surface area contributed by atoms with E-state index in [0.29, 0.717) is 24.8 Å². The number of nitrogens with one attached hydrogen (secondary N) is 1. The molecular formula is C13H18Cl2N2O3S. The summed E-state index contributed by atoms with van der Waals surface area (Å²) in [6, 6.07) is 4.37. The summed E-state index contributed by atoms with van der Waals surface area (Å²) in [7, 11) is -3.58. The van der Waals surface area contributed by atoms with Gasteiger partial charge in [-0.2, -0.15) is 0 Å². The fourth-order valence-corrected chi connectivity index (χ4v) is 3.62. The van der Waals surface area contributed by atoms with Gasteiger partial charge in [0.15, 0.2) is 0 Å². The number of halogens is 2. The van der Waals surface area contributed by atoms with Crippen LogP contribution in [0, 0.1) is 0 Å². The molecular weight excluding hydrogens is 335 g/mol. The van der Waals surface area contributed by atoms with E-state index in [4.69, 9.17) is 27.9 Å². The van der Waals surface area contributed by atoms with Crippen LogP contribution in [-0.4, -0.2) is 52.2 Å². The van der Waals surface area contributed by atoms with Crippen LogP contribution in [0.1, 0.15) is 6.92 Å². The quantitative estimate of drug-likeness (QED) is 0.880. The molecule has 1 saturated heterocycles. The number of ether oxygens (including phenoxy) is 1. The molecule has 0 aliphatic carbocycles. The fraction of sp³-hybridized carbons (Fsp3) is 0.538. The van der Waals surface area contributed by atoms with Crippen molar-refractivity contribution in [2.75, 3.05) is 32.8 Å². The average molecular weight is 353 g/mol. The molecule has 1 N–H and O–H groups in total. The second kappa shape index (κ2) is 7.26. The number of hydrogen-bond acceptors (Lipinski definition) is 4. The molecule has 0 aromatic heterocycles. The molecule has 1 aliphatic heterocycles. The highest BCUT2D eigenvalue weighted by Crippen LogP contribution is 2.24. The number of hydrogen-bond donors (Lipinski definition) is 1. The van der Waals surface area contributed by atoms with Gasteiger partial charge < -0.3 is 4.74 Å². The van der Waals surface area contributed by atoms with Gasteiger partial charge in [0.25, 0.3) is 0 Å². The number of nitrogens with zero attached hydrogens (tertiary/aromatic N) is 1. The highest BCUT2D eigenvalue weighted by molar-refractivity contribution is 7.89. The van der Waals surface area contributed by atoms with E-state index < -0.39 is 10.0 Å². The first-order valence-electron chi connectivity index (χ1n) is 6.66. The van der Waals surface area contributed by atoms with Gasteiger partial charge in [-0.05, 0) is 25.1 Å². The van der Waals surface area contributed by atoms with Crippen molar-refractivity contribution in [2.24, 2.45) is 0 Å². The zero-order valence-corrected chi connectivity index (χ0v) is 14.0. The van der Waals surface area contributed by atoms with Gasteiger partial charge in [0, 0.05) is 25.7 Å². The van der Waals surface area contributed by atoms with Crippen molar-refractivity contribution in [3.63, 3.8) is 0 Å². The molecule has 5 nitrogen and oxygen atoms in total. The van der Waals surface area contributed by atoms with Crippen LogP contribution in [0.5, 0.6) is 0 Å². The molecule has 0 amide bonds. The number of morpholine rings is 1. The molecule has 1 aromatic carbocycles. The third-order valence-electron chi connectivity index (χ3n) is 3.44. The average Bonchev–Trinajstić information content (AvgIpc) is 2.48. The first-order chi connectivity index (χ1) is 9.90. The molecule has 1 atom stereocenters. The van der Waals surface area contributed by atoms with Crippen LogP contribution in [-0.2, 0) is 14.8 Å². The highest BCUT2D eigenvalue weighted by atomic mass is 35.5.